The predicted octanol–water partition coefficient (Wildman–Crippen LogP) is 3.71. The van der Waals surface area contributed by atoms with Crippen molar-refractivity contribution in [3.8, 4) is 5.69 Å². The molecule has 0 unspecified atom stereocenters. The van der Waals surface area contributed by atoms with E-state index in [0.29, 0.717) is 29.9 Å². The third-order valence-corrected chi connectivity index (χ3v) is 5.96. The highest BCUT2D eigenvalue weighted by atomic mass is 19.4. The Morgan fingerprint density at radius 3 is 2.61 bits per heavy atom. The summed E-state index contributed by atoms with van der Waals surface area (Å²) in [6.07, 6.45) is 1.82. The zero-order valence-electron chi connectivity index (χ0n) is 17.9. The summed E-state index contributed by atoms with van der Waals surface area (Å²) in [5.41, 5.74) is 5.40. The number of halogens is 3. The van der Waals surface area contributed by atoms with Crippen LogP contribution in [0.2, 0.25) is 0 Å². The molecule has 11 heteroatoms. The molecule has 0 saturated heterocycles. The molecule has 8 nitrogen and oxygen atoms in total. The van der Waals surface area contributed by atoms with Gasteiger partial charge in [-0.05, 0) is 49.6 Å². The number of hydrogen-bond donors (Lipinski definition) is 3. The van der Waals surface area contributed by atoms with Crippen molar-refractivity contribution >= 4 is 17.5 Å². The Hall–Kier alpha value is -3.63. The van der Waals surface area contributed by atoms with Gasteiger partial charge in [0.05, 0.1) is 16.8 Å². The Balaban J connectivity index is 1.69. The van der Waals surface area contributed by atoms with Gasteiger partial charge in [0, 0.05) is 18.1 Å². The molecule has 1 aromatic carbocycles. The van der Waals surface area contributed by atoms with E-state index in [1.54, 1.807) is 31.3 Å². The molecule has 33 heavy (non-hydrogen) atoms. The number of nitrogens with two attached hydrogens (primary N) is 1. The van der Waals surface area contributed by atoms with Crippen molar-refractivity contribution < 1.29 is 18.0 Å². The number of primary amides is 1. The first kappa shape index (κ1) is 22.6. The SMILES string of the molecule is Cc1cc(Nc2nccc(C(F)(F)F)n2)cc(-n2cc(C3(C(N)=O)CCCCC3)[nH]c2=O)c1. The molecule has 4 rings (SSSR count). The maximum atomic E-state index is 13.0. The standard InChI is InChI=1S/C22H23F3N6O2/c1-13-9-14(28-19-27-8-5-16(29-19)22(23,24)25)11-15(10-13)31-12-17(30-20(31)33)21(18(26)32)6-3-2-4-7-21/h5,8-12H,2-4,6-7H2,1H3,(H2,26,32)(H,30,33)(H,27,28,29). The number of aromatic nitrogens is 4. The summed E-state index contributed by atoms with van der Waals surface area (Å²) in [5, 5.41) is 2.76. The van der Waals surface area contributed by atoms with Crippen molar-refractivity contribution in [2.75, 3.05) is 5.32 Å². The van der Waals surface area contributed by atoms with E-state index in [0.717, 1.165) is 37.1 Å². The summed E-state index contributed by atoms with van der Waals surface area (Å²) < 4.78 is 40.2. The topological polar surface area (TPSA) is 119 Å². The monoisotopic (exact) mass is 460 g/mol. The maximum absolute atomic E-state index is 13.0. The first-order valence-electron chi connectivity index (χ1n) is 10.5. The Labute approximate surface area is 187 Å². The molecule has 1 aliphatic carbocycles. The highest BCUT2D eigenvalue weighted by Crippen LogP contribution is 2.38. The van der Waals surface area contributed by atoms with Crippen molar-refractivity contribution in [3.05, 3.63) is 64.1 Å². The number of benzene rings is 1. The summed E-state index contributed by atoms with van der Waals surface area (Å²) in [5.74, 6) is -0.692. The van der Waals surface area contributed by atoms with Crippen LogP contribution in [0.15, 0.2) is 41.5 Å². The zero-order chi connectivity index (χ0) is 23.8. The fraction of sp³-hybridized carbons (Fsp3) is 0.364. The van der Waals surface area contributed by atoms with Crippen molar-refractivity contribution in [2.24, 2.45) is 5.73 Å². The van der Waals surface area contributed by atoms with Crippen molar-refractivity contribution in [2.45, 2.75) is 50.6 Å². The normalized spacial score (nSPS) is 15.9. The van der Waals surface area contributed by atoms with Crippen molar-refractivity contribution in [3.63, 3.8) is 0 Å². The lowest BCUT2D eigenvalue weighted by Gasteiger charge is -2.33. The molecule has 0 aliphatic heterocycles. The van der Waals surface area contributed by atoms with Gasteiger partial charge < -0.3 is 16.0 Å². The van der Waals surface area contributed by atoms with Crippen molar-refractivity contribution in [1.29, 1.82) is 0 Å². The molecule has 0 bridgehead atoms. The largest absolute Gasteiger partial charge is 0.433 e. The van der Waals surface area contributed by atoms with Gasteiger partial charge in [-0.3, -0.25) is 9.36 Å². The van der Waals surface area contributed by atoms with Crippen LogP contribution in [0, 0.1) is 6.92 Å². The summed E-state index contributed by atoms with van der Waals surface area (Å²) in [6.45, 7) is 1.78. The average Bonchev–Trinajstić information content (AvgIpc) is 3.15. The lowest BCUT2D eigenvalue weighted by molar-refractivity contribution is -0.141. The number of rotatable bonds is 5. The molecule has 0 radical (unpaired) electrons. The third-order valence-electron chi connectivity index (χ3n) is 5.96. The van der Waals surface area contributed by atoms with Crippen LogP contribution in [0.1, 0.15) is 49.1 Å². The Kier molecular flexibility index (Phi) is 5.73. The molecular formula is C22H23F3N6O2. The van der Waals surface area contributed by atoms with Gasteiger partial charge in [-0.15, -0.1) is 0 Å². The van der Waals surface area contributed by atoms with Gasteiger partial charge in [0.2, 0.25) is 11.9 Å². The number of anilines is 2. The minimum Gasteiger partial charge on any atom is -0.369 e. The second kappa shape index (κ2) is 8.38. The predicted molar refractivity (Wildman–Crippen MR) is 115 cm³/mol. The summed E-state index contributed by atoms with van der Waals surface area (Å²) in [7, 11) is 0. The van der Waals surface area contributed by atoms with Crippen LogP contribution in [-0.2, 0) is 16.4 Å². The number of hydrogen-bond acceptors (Lipinski definition) is 5. The highest BCUT2D eigenvalue weighted by molar-refractivity contribution is 5.86. The number of amides is 1. The molecule has 2 aromatic heterocycles. The van der Waals surface area contributed by atoms with E-state index in [4.69, 9.17) is 5.73 Å². The summed E-state index contributed by atoms with van der Waals surface area (Å²) in [6, 6.07) is 5.81. The molecule has 0 atom stereocenters. The second-order valence-corrected chi connectivity index (χ2v) is 8.30. The lowest BCUT2D eigenvalue weighted by Crippen LogP contribution is -2.43. The fourth-order valence-corrected chi connectivity index (χ4v) is 4.31. The number of H-pyrrole nitrogens is 1. The number of nitrogens with zero attached hydrogens (tertiary/aromatic N) is 3. The molecular weight excluding hydrogens is 437 g/mol. The molecule has 1 aliphatic rings. The molecule has 1 saturated carbocycles. The lowest BCUT2D eigenvalue weighted by atomic mass is 9.71. The molecule has 174 valence electrons. The Morgan fingerprint density at radius 1 is 1.21 bits per heavy atom. The molecule has 4 N–H and O–H groups in total. The maximum Gasteiger partial charge on any atom is 0.433 e. The molecule has 1 fully saturated rings. The van der Waals surface area contributed by atoms with Gasteiger partial charge >= 0.3 is 11.9 Å². The van der Waals surface area contributed by atoms with Crippen LogP contribution >= 0.6 is 0 Å². The van der Waals surface area contributed by atoms with Crippen LogP contribution in [-0.4, -0.2) is 25.4 Å². The van der Waals surface area contributed by atoms with Crippen LogP contribution in [0.5, 0.6) is 0 Å². The number of imidazole rings is 1. The van der Waals surface area contributed by atoms with Crippen molar-refractivity contribution in [1.82, 2.24) is 19.5 Å². The number of aromatic amines is 1. The van der Waals surface area contributed by atoms with E-state index < -0.39 is 28.9 Å². The third kappa shape index (κ3) is 4.48. The number of carbonyl (C=O) groups is 1. The fourth-order valence-electron chi connectivity index (χ4n) is 4.31. The van der Waals surface area contributed by atoms with Gasteiger partial charge in [-0.25, -0.2) is 14.8 Å². The van der Waals surface area contributed by atoms with Gasteiger partial charge in [0.1, 0.15) is 5.69 Å². The van der Waals surface area contributed by atoms with E-state index in [9.17, 15) is 22.8 Å². The number of nitrogens with one attached hydrogen (secondary N) is 2. The van der Waals surface area contributed by atoms with Crippen LogP contribution in [0.25, 0.3) is 5.69 Å². The molecule has 2 heterocycles. The van der Waals surface area contributed by atoms with E-state index in [1.165, 1.54) is 4.57 Å². The quantitative estimate of drug-likeness (QED) is 0.536. The highest BCUT2D eigenvalue weighted by Gasteiger charge is 2.41. The number of aryl methyl sites for hydroxylation is 1. The smallest absolute Gasteiger partial charge is 0.369 e. The number of carbonyl (C=O) groups excluding carboxylic acids is 1. The van der Waals surface area contributed by atoms with E-state index in [2.05, 4.69) is 20.3 Å². The second-order valence-electron chi connectivity index (χ2n) is 8.30. The minimum atomic E-state index is -4.60. The van der Waals surface area contributed by atoms with E-state index >= 15 is 0 Å². The van der Waals surface area contributed by atoms with Gasteiger partial charge in [-0.2, -0.15) is 13.2 Å². The first-order chi connectivity index (χ1) is 15.6. The van der Waals surface area contributed by atoms with E-state index in [1.807, 2.05) is 0 Å². The van der Waals surface area contributed by atoms with Gasteiger partial charge in [0.25, 0.3) is 0 Å². The Bertz CT molecular complexity index is 1240. The summed E-state index contributed by atoms with van der Waals surface area (Å²) in [4.78, 5) is 35.2. The van der Waals surface area contributed by atoms with Crippen LogP contribution < -0.4 is 16.7 Å². The van der Waals surface area contributed by atoms with E-state index in [-0.39, 0.29) is 5.95 Å². The molecule has 0 spiro atoms. The minimum absolute atomic E-state index is 0.224. The Morgan fingerprint density at radius 2 is 1.94 bits per heavy atom. The van der Waals surface area contributed by atoms with Gasteiger partial charge in [-0.1, -0.05) is 19.3 Å². The molecule has 1 amide bonds. The van der Waals surface area contributed by atoms with Crippen LogP contribution in [0.4, 0.5) is 24.8 Å². The molecule has 3 aromatic rings. The summed E-state index contributed by atoms with van der Waals surface area (Å²) >= 11 is 0. The zero-order valence-corrected chi connectivity index (χ0v) is 17.9. The van der Waals surface area contributed by atoms with Gasteiger partial charge in [0.15, 0.2) is 0 Å². The average molecular weight is 460 g/mol. The number of alkyl halides is 3. The van der Waals surface area contributed by atoms with Crippen LogP contribution in [0.3, 0.4) is 0 Å². The first-order valence-corrected chi connectivity index (χ1v) is 10.5.